The van der Waals surface area contributed by atoms with Gasteiger partial charge in [-0.25, -0.2) is 0 Å². The molecule has 0 saturated carbocycles. The van der Waals surface area contributed by atoms with Crippen LogP contribution in [-0.2, 0) is 53.4 Å². The Kier molecular flexibility index (Phi) is 46.5. The van der Waals surface area contributed by atoms with Crippen molar-refractivity contribution in [1.82, 2.24) is 0 Å². The van der Waals surface area contributed by atoms with Crippen LogP contribution >= 0.6 is 0 Å². The molecule has 0 aliphatic heterocycles. The third-order valence-corrected chi connectivity index (χ3v) is 2.91. The molecule has 9 heteroatoms. The monoisotopic (exact) mass is 374 g/mol. The Morgan fingerprint density at radius 3 is 1.79 bits per heavy atom. The van der Waals surface area contributed by atoms with Gasteiger partial charge in [0.15, 0.2) is 0 Å². The molecule has 24 heavy (non-hydrogen) atoms. The SMILES string of the molecule is CO[C](=[Cr])[C@@H]1CCC=C[C@H]1OC(C)=O.[C-]#[O+].[C-]#[O+].[C-]#[O+].[C-]#[O+].[C-]#[O+]. The van der Waals surface area contributed by atoms with Crippen LogP contribution in [-0.4, -0.2) is 23.7 Å². The van der Waals surface area contributed by atoms with Crippen LogP contribution < -0.4 is 0 Å². The van der Waals surface area contributed by atoms with Crippen LogP contribution in [0.3, 0.4) is 0 Å². The van der Waals surface area contributed by atoms with Gasteiger partial charge in [0.05, 0.1) is 0 Å². The van der Waals surface area contributed by atoms with Crippen molar-refractivity contribution in [3.63, 3.8) is 0 Å². The molecule has 0 aromatic heterocycles. The quantitative estimate of drug-likeness (QED) is 0.316. The van der Waals surface area contributed by atoms with E-state index in [0.717, 1.165) is 17.4 Å². The summed E-state index contributed by atoms with van der Waals surface area (Å²) in [6.07, 6.45) is 5.72. The van der Waals surface area contributed by atoms with Crippen LogP contribution in [0.1, 0.15) is 19.8 Å². The van der Waals surface area contributed by atoms with Gasteiger partial charge in [-0.3, -0.25) is 0 Å². The summed E-state index contributed by atoms with van der Waals surface area (Å²) >= 11 is 2.87. The standard InChI is InChI=1S/C10H14O3.5CO.Cr/c1-8(11)13-10-6-4-3-5-9(10)7-12-2;5*1-2;/h4,6,9-10H,3,5H2,1-2H3;;;;;;/t9-,10+;;;;;;/m0....../s1. The van der Waals surface area contributed by atoms with Crippen molar-refractivity contribution in [2.45, 2.75) is 25.9 Å². The Morgan fingerprint density at radius 2 is 1.46 bits per heavy atom. The van der Waals surface area contributed by atoms with E-state index in [2.05, 4.69) is 49.1 Å². The van der Waals surface area contributed by atoms with Crippen molar-refractivity contribution in [1.29, 1.82) is 0 Å². The molecule has 1 rings (SSSR count). The number of rotatable bonds is 3. The molecule has 8 nitrogen and oxygen atoms in total. The summed E-state index contributed by atoms with van der Waals surface area (Å²) in [6.45, 7) is 23.9. The van der Waals surface area contributed by atoms with Gasteiger partial charge in [-0.05, 0) is 0 Å². The van der Waals surface area contributed by atoms with Crippen LogP contribution in [0, 0.1) is 39.2 Å². The van der Waals surface area contributed by atoms with Crippen molar-refractivity contribution in [3.05, 3.63) is 45.4 Å². The van der Waals surface area contributed by atoms with E-state index in [9.17, 15) is 4.79 Å². The number of allylic oxidation sites excluding steroid dienone is 1. The summed E-state index contributed by atoms with van der Waals surface area (Å²) in [5.74, 6) is -0.107. The maximum atomic E-state index is 10.9. The van der Waals surface area contributed by atoms with Gasteiger partial charge in [0.2, 0.25) is 0 Å². The topological polar surface area (TPSA) is 135 Å². The van der Waals surface area contributed by atoms with E-state index in [1.165, 1.54) is 6.92 Å². The van der Waals surface area contributed by atoms with Crippen LogP contribution in [0.5, 0.6) is 0 Å². The zero-order valence-electron chi connectivity index (χ0n) is 12.9. The number of esters is 1. The fourth-order valence-electron chi connectivity index (χ4n) is 1.52. The number of hydrogen-bond donors (Lipinski definition) is 0. The third kappa shape index (κ3) is 20.3. The van der Waals surface area contributed by atoms with E-state index in [1.54, 1.807) is 7.11 Å². The Hall–Kier alpha value is -1.73. The Morgan fingerprint density at radius 1 is 1.04 bits per heavy atom. The summed E-state index contributed by atoms with van der Waals surface area (Å²) in [4.78, 5) is 10.9. The summed E-state index contributed by atoms with van der Waals surface area (Å²) in [6, 6.07) is 0. The van der Waals surface area contributed by atoms with Crippen molar-refractivity contribution in [2.24, 2.45) is 5.92 Å². The van der Waals surface area contributed by atoms with Gasteiger partial charge in [-0.15, -0.1) is 0 Å². The number of ether oxygens (including phenoxy) is 2. The molecule has 0 saturated heterocycles. The van der Waals surface area contributed by atoms with Gasteiger partial charge in [0.1, 0.15) is 0 Å². The Balaban J connectivity index is -0.000000103. The second kappa shape index (κ2) is 33.0. The number of carbonyl (C=O) groups is 1. The van der Waals surface area contributed by atoms with Crippen molar-refractivity contribution in [2.75, 3.05) is 7.11 Å². The third-order valence-electron chi connectivity index (χ3n) is 2.17. The van der Waals surface area contributed by atoms with E-state index in [4.69, 9.17) is 32.7 Å². The predicted molar refractivity (Wildman–Crippen MR) is 69.1 cm³/mol. The number of hydrogen-bond acceptors (Lipinski definition) is 3. The van der Waals surface area contributed by atoms with E-state index < -0.39 is 0 Å². The van der Waals surface area contributed by atoms with Gasteiger partial charge in [0.25, 0.3) is 0 Å². The first-order valence-corrected chi connectivity index (χ1v) is 6.22. The molecule has 128 valence electrons. The molecule has 0 fully saturated rings. The van der Waals surface area contributed by atoms with Gasteiger partial charge < -0.3 is 0 Å². The molecule has 0 spiro atoms. The first-order chi connectivity index (χ1) is 11.6. The summed E-state index contributed by atoms with van der Waals surface area (Å²) in [5, 5.41) is 0. The first-order valence-electron chi connectivity index (χ1n) is 5.59. The first kappa shape index (κ1) is 33.8. The average Bonchev–Trinajstić information content (AvgIpc) is 2.69. The maximum absolute atomic E-state index is 10.9. The van der Waals surface area contributed by atoms with Crippen molar-refractivity contribution >= 4 is 10.5 Å². The van der Waals surface area contributed by atoms with Crippen LogP contribution in [0.15, 0.2) is 12.2 Å². The van der Waals surface area contributed by atoms with Crippen LogP contribution in [0.4, 0.5) is 0 Å². The summed E-state index contributed by atoms with van der Waals surface area (Å²) in [5.41, 5.74) is 0. The van der Waals surface area contributed by atoms with E-state index >= 15 is 0 Å². The molecule has 0 radical (unpaired) electrons. The van der Waals surface area contributed by atoms with Gasteiger partial charge >= 0.3 is 148 Å². The normalized spacial score (nSPS) is 15.5. The molecule has 0 aromatic carbocycles. The molecular formula is C15H14CrO8. The number of methoxy groups -OCH3 is 1. The molecule has 0 unspecified atom stereocenters. The van der Waals surface area contributed by atoms with E-state index in [0.29, 0.717) is 0 Å². The van der Waals surface area contributed by atoms with Gasteiger partial charge in [-0.2, -0.15) is 0 Å². The van der Waals surface area contributed by atoms with Crippen molar-refractivity contribution < 1.29 is 53.4 Å². The number of carbonyl (C=O) groups excluding carboxylic acids is 1. The fourth-order valence-corrected chi connectivity index (χ4v) is 1.91. The predicted octanol–water partition coefficient (Wildman–Crippen LogP) is 1.02. The van der Waals surface area contributed by atoms with Gasteiger partial charge in [0, 0.05) is 0 Å². The zero-order valence-corrected chi connectivity index (χ0v) is 14.2. The van der Waals surface area contributed by atoms with Crippen LogP contribution in [0.2, 0.25) is 0 Å². The minimum atomic E-state index is -0.254. The Bertz CT molecular complexity index is 410. The molecule has 1 aliphatic carbocycles. The second-order valence-corrected chi connectivity index (χ2v) is 3.84. The minimum absolute atomic E-state index is 0.147. The average molecular weight is 374 g/mol. The van der Waals surface area contributed by atoms with E-state index in [-0.39, 0.29) is 18.0 Å². The summed E-state index contributed by atoms with van der Waals surface area (Å²) < 4.78 is 48.6. The fraction of sp³-hybridized carbons (Fsp3) is 0.400. The molecular weight excluding hydrogens is 360 g/mol. The van der Waals surface area contributed by atoms with E-state index in [1.807, 2.05) is 12.2 Å². The Labute approximate surface area is 148 Å². The van der Waals surface area contributed by atoms with Crippen molar-refractivity contribution in [3.8, 4) is 0 Å². The molecule has 0 aromatic rings. The van der Waals surface area contributed by atoms with Gasteiger partial charge in [-0.1, -0.05) is 0 Å². The molecule has 1 aliphatic rings. The summed E-state index contributed by atoms with van der Waals surface area (Å²) in [7, 11) is 1.62. The zero-order chi connectivity index (χ0) is 20.6. The molecule has 0 bridgehead atoms. The molecule has 0 heterocycles. The molecule has 0 amide bonds. The molecule has 0 N–H and O–H groups in total. The van der Waals surface area contributed by atoms with Crippen LogP contribution in [0.25, 0.3) is 0 Å². The molecule has 2 atom stereocenters. The second-order valence-electron chi connectivity index (χ2n) is 3.21.